The van der Waals surface area contributed by atoms with Gasteiger partial charge in [-0.05, 0) is 37.5 Å². The van der Waals surface area contributed by atoms with Crippen molar-refractivity contribution in [3.63, 3.8) is 0 Å². The van der Waals surface area contributed by atoms with Crippen LogP contribution in [0, 0.1) is 11.8 Å². The molecule has 0 saturated carbocycles. The van der Waals surface area contributed by atoms with Gasteiger partial charge in [0.25, 0.3) is 0 Å². The summed E-state index contributed by atoms with van der Waals surface area (Å²) in [4.78, 5) is 72.0. The van der Waals surface area contributed by atoms with Gasteiger partial charge in [-0.25, -0.2) is 9.13 Å². The van der Waals surface area contributed by atoms with E-state index < -0.39 is 97.5 Å². The van der Waals surface area contributed by atoms with Crippen molar-refractivity contribution in [3.8, 4) is 0 Å². The van der Waals surface area contributed by atoms with Crippen LogP contribution in [0.4, 0.5) is 0 Å². The molecule has 0 spiro atoms. The molecule has 0 bridgehead atoms. The Kier molecular flexibility index (Phi) is 54.3. The monoisotopic (exact) mass is 1210 g/mol. The van der Waals surface area contributed by atoms with E-state index in [9.17, 15) is 43.2 Å². The number of phosphoric acid groups is 2. The first-order valence-electron chi connectivity index (χ1n) is 33.0. The Morgan fingerprint density at radius 1 is 0.354 bits per heavy atom. The number of rotatable bonds is 62. The van der Waals surface area contributed by atoms with Crippen LogP contribution in [0.5, 0.6) is 0 Å². The highest BCUT2D eigenvalue weighted by Crippen LogP contribution is 2.45. The molecule has 19 heteroatoms. The molecule has 0 aromatic carbocycles. The molecule has 0 amide bonds. The van der Waals surface area contributed by atoms with Gasteiger partial charge in [-0.2, -0.15) is 0 Å². The molecule has 82 heavy (non-hydrogen) atoms. The summed E-state index contributed by atoms with van der Waals surface area (Å²) in [5.41, 5.74) is 0. The van der Waals surface area contributed by atoms with Crippen molar-refractivity contribution in [2.24, 2.45) is 11.8 Å². The summed E-state index contributed by atoms with van der Waals surface area (Å²) in [6.07, 6.45) is 37.8. The number of carbonyl (C=O) groups is 4. The van der Waals surface area contributed by atoms with Gasteiger partial charge in [-0.3, -0.25) is 37.3 Å². The van der Waals surface area contributed by atoms with Crippen molar-refractivity contribution in [2.75, 3.05) is 39.6 Å². The Morgan fingerprint density at radius 2 is 0.622 bits per heavy atom. The highest BCUT2D eigenvalue weighted by atomic mass is 31.2. The Hall–Kier alpha value is -1.94. The third-order valence-electron chi connectivity index (χ3n) is 14.8. The summed E-state index contributed by atoms with van der Waals surface area (Å²) >= 11 is 0. The maximum atomic E-state index is 13.0. The third kappa shape index (κ3) is 55.9. The van der Waals surface area contributed by atoms with Gasteiger partial charge in [0.15, 0.2) is 12.2 Å². The number of phosphoric ester groups is 2. The molecule has 0 aromatic heterocycles. The van der Waals surface area contributed by atoms with Crippen LogP contribution in [0.15, 0.2) is 0 Å². The van der Waals surface area contributed by atoms with E-state index in [1.165, 1.54) is 116 Å². The predicted molar refractivity (Wildman–Crippen MR) is 326 cm³/mol. The summed E-state index contributed by atoms with van der Waals surface area (Å²) in [5, 5.41) is 10.5. The highest BCUT2D eigenvalue weighted by Gasteiger charge is 2.30. The number of ether oxygens (including phenoxy) is 4. The molecule has 17 nitrogen and oxygen atoms in total. The van der Waals surface area contributed by atoms with Crippen LogP contribution in [0.3, 0.4) is 0 Å². The first-order chi connectivity index (χ1) is 39.4. The summed E-state index contributed by atoms with van der Waals surface area (Å²) in [7, 11) is -9.88. The fraction of sp³-hybridized carbons (Fsp3) is 0.937. The molecule has 0 aliphatic rings. The molecule has 3 N–H and O–H groups in total. The molecule has 0 aliphatic heterocycles. The van der Waals surface area contributed by atoms with Gasteiger partial charge in [-0.15, -0.1) is 0 Å². The molecule has 0 heterocycles. The molecule has 0 radical (unpaired) electrons. The first kappa shape index (κ1) is 80.1. The molecule has 0 saturated heterocycles. The van der Waals surface area contributed by atoms with E-state index in [-0.39, 0.29) is 25.7 Å². The SMILES string of the molecule is CCCCCCCCCCCCCCCCC(=O)O[C@H](COC(=O)CCCCCCCCCCC(C)CC)COP(=O)(O)OC[C@@H](O)COP(=O)(O)OC[C@@H](COC(=O)CCCCCCCCC)OC(=O)CCCCCCCCC(C)C. The highest BCUT2D eigenvalue weighted by molar-refractivity contribution is 7.47. The molecule has 486 valence electrons. The van der Waals surface area contributed by atoms with Crippen molar-refractivity contribution < 1.29 is 80.2 Å². The average molecular weight is 1210 g/mol. The molecule has 0 fully saturated rings. The second kappa shape index (κ2) is 55.6. The number of hydrogen-bond acceptors (Lipinski definition) is 15. The van der Waals surface area contributed by atoms with E-state index in [1.807, 2.05) is 0 Å². The lowest BCUT2D eigenvalue weighted by Gasteiger charge is -2.21. The minimum absolute atomic E-state index is 0.102. The zero-order chi connectivity index (χ0) is 60.8. The smallest absolute Gasteiger partial charge is 0.462 e. The molecule has 6 atom stereocenters. The number of aliphatic hydroxyl groups is 1. The van der Waals surface area contributed by atoms with Gasteiger partial charge in [-0.1, -0.05) is 260 Å². The van der Waals surface area contributed by atoms with Gasteiger partial charge in [0.05, 0.1) is 26.4 Å². The van der Waals surface area contributed by atoms with Crippen molar-refractivity contribution in [2.45, 2.75) is 330 Å². The normalized spacial score (nSPS) is 14.7. The Labute approximate surface area is 498 Å². The third-order valence-corrected chi connectivity index (χ3v) is 16.7. The zero-order valence-corrected chi connectivity index (χ0v) is 54.6. The second-order valence-electron chi connectivity index (χ2n) is 23.5. The predicted octanol–water partition coefficient (Wildman–Crippen LogP) is 17.3. The van der Waals surface area contributed by atoms with E-state index in [0.29, 0.717) is 31.6 Å². The van der Waals surface area contributed by atoms with Crippen LogP contribution in [-0.2, 0) is 65.4 Å². The fourth-order valence-electron chi connectivity index (χ4n) is 9.32. The van der Waals surface area contributed by atoms with Crippen LogP contribution in [0.2, 0.25) is 0 Å². The number of carbonyl (C=O) groups excluding carboxylic acids is 4. The standard InChI is InChI=1S/C63H122O17P2/c1-7-10-12-14-16-17-18-19-20-21-22-28-35-41-47-62(67)79-58(52-74-61(66)46-40-34-27-24-23-26-32-38-44-56(6)9-3)53-77-81(69,70)75-49-57(64)50-76-82(71,72)78-54-59(51-73-60(65)45-39-33-25-15-13-11-8-2)80-63(68)48-42-36-30-29-31-37-43-55(4)5/h55-59,64H,7-54H2,1-6H3,(H,69,70)(H,71,72)/t56?,57-,58-,59-/m1/s1. The lowest BCUT2D eigenvalue weighted by atomic mass is 9.99. The Morgan fingerprint density at radius 3 is 0.927 bits per heavy atom. The van der Waals surface area contributed by atoms with Crippen LogP contribution < -0.4 is 0 Å². The second-order valence-corrected chi connectivity index (χ2v) is 26.4. The zero-order valence-electron chi connectivity index (χ0n) is 52.8. The van der Waals surface area contributed by atoms with Crippen molar-refractivity contribution >= 4 is 39.5 Å². The molecular weight excluding hydrogens is 1090 g/mol. The number of aliphatic hydroxyl groups excluding tert-OH is 1. The largest absolute Gasteiger partial charge is 0.472 e. The summed E-state index contributed by atoms with van der Waals surface area (Å²) in [5.74, 6) is -0.695. The minimum atomic E-state index is -4.94. The van der Waals surface area contributed by atoms with Crippen LogP contribution >= 0.6 is 15.6 Å². The number of hydrogen-bond donors (Lipinski definition) is 3. The van der Waals surface area contributed by atoms with E-state index in [1.54, 1.807) is 0 Å². The summed E-state index contributed by atoms with van der Waals surface area (Å²) in [6, 6.07) is 0. The minimum Gasteiger partial charge on any atom is -0.462 e. The van der Waals surface area contributed by atoms with Crippen LogP contribution in [0.25, 0.3) is 0 Å². The summed E-state index contributed by atoms with van der Waals surface area (Å²) in [6.45, 7) is 9.36. The van der Waals surface area contributed by atoms with Gasteiger partial charge >= 0.3 is 39.5 Å². The van der Waals surface area contributed by atoms with Gasteiger partial charge in [0, 0.05) is 25.7 Å². The molecule has 0 aromatic rings. The van der Waals surface area contributed by atoms with E-state index in [0.717, 1.165) is 109 Å². The quantitative estimate of drug-likeness (QED) is 0.0222. The van der Waals surface area contributed by atoms with Gasteiger partial charge in [0.2, 0.25) is 0 Å². The Bertz CT molecular complexity index is 1620. The van der Waals surface area contributed by atoms with Crippen molar-refractivity contribution in [1.29, 1.82) is 0 Å². The van der Waals surface area contributed by atoms with E-state index in [4.69, 9.17) is 37.0 Å². The van der Waals surface area contributed by atoms with Gasteiger partial charge < -0.3 is 33.8 Å². The summed E-state index contributed by atoms with van der Waals surface area (Å²) < 4.78 is 67.8. The lowest BCUT2D eigenvalue weighted by molar-refractivity contribution is -0.161. The fourth-order valence-corrected chi connectivity index (χ4v) is 10.9. The maximum Gasteiger partial charge on any atom is 0.472 e. The van der Waals surface area contributed by atoms with Gasteiger partial charge in [0.1, 0.15) is 19.3 Å². The average Bonchev–Trinajstić information content (AvgIpc) is 3.45. The van der Waals surface area contributed by atoms with Crippen molar-refractivity contribution in [1.82, 2.24) is 0 Å². The first-order valence-corrected chi connectivity index (χ1v) is 36.0. The van der Waals surface area contributed by atoms with Crippen molar-refractivity contribution in [3.05, 3.63) is 0 Å². The van der Waals surface area contributed by atoms with Crippen LogP contribution in [-0.4, -0.2) is 96.7 Å². The Balaban J connectivity index is 5.22. The molecule has 0 aliphatic carbocycles. The van der Waals surface area contributed by atoms with E-state index >= 15 is 0 Å². The molecular formula is C63H122O17P2. The molecule has 0 rings (SSSR count). The topological polar surface area (TPSA) is 237 Å². The molecule has 3 unspecified atom stereocenters. The van der Waals surface area contributed by atoms with Crippen LogP contribution in [0.1, 0.15) is 311 Å². The number of esters is 4. The number of unbranched alkanes of at least 4 members (excludes halogenated alkanes) is 31. The maximum absolute atomic E-state index is 13.0. The lowest BCUT2D eigenvalue weighted by Crippen LogP contribution is -2.30. The van der Waals surface area contributed by atoms with E-state index in [2.05, 4.69) is 41.5 Å².